The molecule has 1 aromatic carbocycles. The number of hydrogen-bond donors (Lipinski definition) is 1. The highest BCUT2D eigenvalue weighted by Gasteiger charge is 2.10. The molecule has 1 aromatic heterocycles. The largest absolute Gasteiger partial charge is 0.368 e. The normalized spacial score (nSPS) is 10.4. The highest BCUT2D eigenvalue weighted by molar-refractivity contribution is 5.83. The summed E-state index contributed by atoms with van der Waals surface area (Å²) in [5.41, 5.74) is 5.04. The second kappa shape index (κ2) is 4.28. The molecule has 0 fully saturated rings. The van der Waals surface area contributed by atoms with Crippen molar-refractivity contribution in [1.82, 2.24) is 4.57 Å². The first-order chi connectivity index (χ1) is 8.49. The van der Waals surface area contributed by atoms with Crippen molar-refractivity contribution >= 4 is 22.5 Å². The van der Waals surface area contributed by atoms with Gasteiger partial charge in [-0.2, -0.15) is 0 Å². The van der Waals surface area contributed by atoms with Crippen LogP contribution in [0.2, 0.25) is 0 Å². The second-order valence-electron chi connectivity index (χ2n) is 3.72. The van der Waals surface area contributed by atoms with Crippen LogP contribution < -0.4 is 11.3 Å². The summed E-state index contributed by atoms with van der Waals surface area (Å²) in [6.45, 7) is -0.256. The standard InChI is InChI=1S/C11H9N3O4/c12-10(15)6-13-9-3-2-8(14(17)18)5-7(9)1-4-11(13)16/h1-5H,6H2,(H2,12,15). The quantitative estimate of drug-likeness (QED) is 0.625. The minimum Gasteiger partial charge on any atom is -0.368 e. The maximum atomic E-state index is 11.6. The molecule has 0 aliphatic heterocycles. The molecule has 0 aliphatic rings. The first-order valence-corrected chi connectivity index (χ1v) is 5.05. The van der Waals surface area contributed by atoms with E-state index in [4.69, 9.17) is 5.73 Å². The van der Waals surface area contributed by atoms with Crippen LogP contribution in [0.3, 0.4) is 0 Å². The number of aromatic nitrogens is 1. The molecule has 2 aromatic rings. The number of non-ortho nitro benzene ring substituents is 1. The van der Waals surface area contributed by atoms with Crippen molar-refractivity contribution in [3.05, 3.63) is 50.8 Å². The molecule has 0 saturated carbocycles. The van der Waals surface area contributed by atoms with Gasteiger partial charge in [0, 0.05) is 23.6 Å². The van der Waals surface area contributed by atoms with Crippen LogP contribution in [0.15, 0.2) is 35.1 Å². The monoisotopic (exact) mass is 247 g/mol. The number of amides is 1. The minimum absolute atomic E-state index is 0.0771. The van der Waals surface area contributed by atoms with Gasteiger partial charge in [0.05, 0.1) is 10.4 Å². The molecule has 1 amide bonds. The maximum absolute atomic E-state index is 11.6. The van der Waals surface area contributed by atoms with Gasteiger partial charge >= 0.3 is 0 Å². The van der Waals surface area contributed by atoms with Gasteiger partial charge in [-0.15, -0.1) is 0 Å². The number of fused-ring (bicyclic) bond motifs is 1. The minimum atomic E-state index is -0.650. The summed E-state index contributed by atoms with van der Waals surface area (Å²) in [6, 6.07) is 6.76. The van der Waals surface area contributed by atoms with E-state index in [2.05, 4.69) is 0 Å². The van der Waals surface area contributed by atoms with E-state index in [9.17, 15) is 19.7 Å². The first kappa shape index (κ1) is 11.8. The summed E-state index contributed by atoms with van der Waals surface area (Å²) >= 11 is 0. The van der Waals surface area contributed by atoms with Gasteiger partial charge in [-0.25, -0.2) is 0 Å². The van der Waals surface area contributed by atoms with Crippen LogP contribution in [0, 0.1) is 10.1 Å². The lowest BCUT2D eigenvalue weighted by atomic mass is 10.2. The van der Waals surface area contributed by atoms with Crippen LogP contribution >= 0.6 is 0 Å². The molecule has 0 radical (unpaired) electrons. The molecule has 1 heterocycles. The Morgan fingerprint density at radius 1 is 1.33 bits per heavy atom. The van der Waals surface area contributed by atoms with Crippen molar-refractivity contribution in [1.29, 1.82) is 0 Å². The van der Waals surface area contributed by atoms with E-state index in [0.717, 1.165) is 0 Å². The number of nitrogens with two attached hydrogens (primary N) is 1. The van der Waals surface area contributed by atoms with Crippen molar-refractivity contribution in [3.63, 3.8) is 0 Å². The molecular formula is C11H9N3O4. The molecule has 92 valence electrons. The lowest BCUT2D eigenvalue weighted by Crippen LogP contribution is -2.27. The van der Waals surface area contributed by atoms with Crippen molar-refractivity contribution in [2.24, 2.45) is 5.73 Å². The van der Waals surface area contributed by atoms with Gasteiger partial charge in [-0.1, -0.05) is 0 Å². The first-order valence-electron chi connectivity index (χ1n) is 5.05. The molecule has 0 bridgehead atoms. The number of carbonyl (C=O) groups is 1. The summed E-state index contributed by atoms with van der Waals surface area (Å²) in [5, 5.41) is 11.1. The second-order valence-corrected chi connectivity index (χ2v) is 3.72. The lowest BCUT2D eigenvalue weighted by Gasteiger charge is -2.07. The molecule has 7 heteroatoms. The van der Waals surface area contributed by atoms with Gasteiger partial charge in [0.1, 0.15) is 6.54 Å². The van der Waals surface area contributed by atoms with Gasteiger partial charge in [0.25, 0.3) is 11.2 Å². The van der Waals surface area contributed by atoms with Gasteiger partial charge < -0.3 is 5.73 Å². The summed E-state index contributed by atoms with van der Waals surface area (Å²) in [6.07, 6.45) is 0. The topological polar surface area (TPSA) is 108 Å². The molecule has 18 heavy (non-hydrogen) atoms. The molecule has 2 rings (SSSR count). The fourth-order valence-electron chi connectivity index (χ4n) is 1.72. The van der Waals surface area contributed by atoms with Crippen LogP contribution in [-0.4, -0.2) is 15.4 Å². The Hall–Kier alpha value is -2.70. The fourth-order valence-corrected chi connectivity index (χ4v) is 1.72. The van der Waals surface area contributed by atoms with Crippen LogP contribution in [0.25, 0.3) is 10.9 Å². The molecule has 0 aliphatic carbocycles. The van der Waals surface area contributed by atoms with Crippen molar-refractivity contribution in [2.75, 3.05) is 0 Å². The molecule has 7 nitrogen and oxygen atoms in total. The van der Waals surface area contributed by atoms with E-state index in [1.165, 1.54) is 34.9 Å². The Morgan fingerprint density at radius 3 is 2.67 bits per heavy atom. The number of carbonyl (C=O) groups excluding carboxylic acids is 1. The summed E-state index contributed by atoms with van der Waals surface area (Å²) in [4.78, 5) is 32.6. The molecule has 0 spiro atoms. The molecule has 0 unspecified atom stereocenters. The number of nitro groups is 1. The Kier molecular flexibility index (Phi) is 2.80. The number of primary amides is 1. The number of benzene rings is 1. The molecule has 0 saturated heterocycles. The van der Waals surface area contributed by atoms with Gasteiger partial charge in [-0.3, -0.25) is 24.3 Å². The lowest BCUT2D eigenvalue weighted by molar-refractivity contribution is -0.384. The fraction of sp³-hybridized carbons (Fsp3) is 0.0909. The van der Waals surface area contributed by atoms with Crippen LogP contribution in [-0.2, 0) is 11.3 Å². The number of nitro benzene ring substituents is 1. The average Bonchev–Trinajstić information content (AvgIpc) is 2.31. The highest BCUT2D eigenvalue weighted by Crippen LogP contribution is 2.19. The molecule has 0 atom stereocenters. The van der Waals surface area contributed by atoms with E-state index < -0.39 is 10.8 Å². The number of hydrogen-bond acceptors (Lipinski definition) is 4. The smallest absolute Gasteiger partial charge is 0.270 e. The third-order valence-electron chi connectivity index (χ3n) is 2.50. The van der Waals surface area contributed by atoms with Crippen LogP contribution in [0.5, 0.6) is 0 Å². The zero-order valence-electron chi connectivity index (χ0n) is 9.20. The highest BCUT2D eigenvalue weighted by atomic mass is 16.6. The van der Waals surface area contributed by atoms with Crippen LogP contribution in [0.1, 0.15) is 0 Å². The van der Waals surface area contributed by atoms with E-state index in [0.29, 0.717) is 10.9 Å². The van der Waals surface area contributed by atoms with Crippen molar-refractivity contribution in [3.8, 4) is 0 Å². The Morgan fingerprint density at radius 2 is 2.06 bits per heavy atom. The summed E-state index contributed by atoms with van der Waals surface area (Å²) in [7, 11) is 0. The third kappa shape index (κ3) is 2.05. The van der Waals surface area contributed by atoms with Crippen LogP contribution in [0.4, 0.5) is 5.69 Å². The molecular weight excluding hydrogens is 238 g/mol. The van der Waals surface area contributed by atoms with E-state index in [-0.39, 0.29) is 17.8 Å². The zero-order chi connectivity index (χ0) is 13.3. The van der Waals surface area contributed by atoms with E-state index in [1.807, 2.05) is 0 Å². The third-order valence-corrected chi connectivity index (χ3v) is 2.50. The van der Waals surface area contributed by atoms with Gasteiger partial charge in [0.2, 0.25) is 5.91 Å². The Labute approximate surface area is 101 Å². The van der Waals surface area contributed by atoms with Crippen molar-refractivity contribution in [2.45, 2.75) is 6.54 Å². The number of nitrogens with zero attached hydrogens (tertiary/aromatic N) is 2. The number of pyridine rings is 1. The summed E-state index contributed by atoms with van der Waals surface area (Å²) in [5.74, 6) is -0.650. The van der Waals surface area contributed by atoms with Gasteiger partial charge in [-0.05, 0) is 12.1 Å². The number of rotatable bonds is 3. The predicted octanol–water partition coefficient (Wildman–Crippen LogP) is 0.395. The SMILES string of the molecule is NC(=O)Cn1c(=O)ccc2cc([N+](=O)[O-])ccc21. The summed E-state index contributed by atoms with van der Waals surface area (Å²) < 4.78 is 1.18. The molecule has 2 N–H and O–H groups in total. The van der Waals surface area contributed by atoms with Crippen molar-refractivity contribution < 1.29 is 9.72 Å². The Bertz CT molecular complexity index is 705. The van der Waals surface area contributed by atoms with E-state index in [1.54, 1.807) is 0 Å². The predicted molar refractivity (Wildman–Crippen MR) is 64.1 cm³/mol. The maximum Gasteiger partial charge on any atom is 0.270 e. The zero-order valence-corrected chi connectivity index (χ0v) is 9.20. The Balaban J connectivity index is 2.70. The van der Waals surface area contributed by atoms with E-state index >= 15 is 0 Å². The average molecular weight is 247 g/mol. The van der Waals surface area contributed by atoms with Gasteiger partial charge in [0.15, 0.2) is 0 Å².